The second kappa shape index (κ2) is 9.15. The molecule has 1 heterocycles. The third-order valence-corrected chi connectivity index (χ3v) is 12.1. The molecular formula is C29H52N2O. The lowest BCUT2D eigenvalue weighted by Crippen LogP contribution is -2.54. The monoisotopic (exact) mass is 444 g/mol. The van der Waals surface area contributed by atoms with E-state index in [2.05, 4.69) is 37.6 Å². The van der Waals surface area contributed by atoms with E-state index >= 15 is 0 Å². The summed E-state index contributed by atoms with van der Waals surface area (Å²) in [5, 5.41) is 10.3. The Morgan fingerprint density at radius 3 is 2.38 bits per heavy atom. The number of rotatable bonds is 5. The number of hydrogen-bond donors (Lipinski definition) is 1. The molecule has 5 fully saturated rings. The number of fused-ring (bicyclic) bond motifs is 5. The molecule has 0 aromatic rings. The van der Waals surface area contributed by atoms with Crippen LogP contribution in [0.2, 0.25) is 0 Å². The molecule has 3 heteroatoms. The van der Waals surface area contributed by atoms with Gasteiger partial charge in [0.1, 0.15) is 0 Å². The van der Waals surface area contributed by atoms with E-state index in [9.17, 15) is 5.11 Å². The van der Waals surface area contributed by atoms with E-state index in [1.54, 1.807) is 0 Å². The van der Waals surface area contributed by atoms with E-state index in [1.807, 2.05) is 0 Å². The first-order valence-electron chi connectivity index (χ1n) is 14.4. The number of hydrogen-bond acceptors (Lipinski definition) is 3. The van der Waals surface area contributed by atoms with Crippen molar-refractivity contribution in [2.75, 3.05) is 39.8 Å². The van der Waals surface area contributed by atoms with Crippen molar-refractivity contribution in [3.63, 3.8) is 0 Å². The second-order valence-electron chi connectivity index (χ2n) is 13.6. The largest absolute Gasteiger partial charge is 0.393 e. The summed E-state index contributed by atoms with van der Waals surface area (Å²) >= 11 is 0. The molecule has 4 aliphatic carbocycles. The molecule has 3 nitrogen and oxygen atoms in total. The lowest BCUT2D eigenvalue weighted by molar-refractivity contribution is -0.129. The number of aliphatic hydroxyl groups excluding tert-OH is 1. The van der Waals surface area contributed by atoms with Gasteiger partial charge in [0.05, 0.1) is 6.10 Å². The number of aliphatic hydroxyl groups is 1. The fourth-order valence-corrected chi connectivity index (χ4v) is 10.1. The summed E-state index contributed by atoms with van der Waals surface area (Å²) in [5.41, 5.74) is 1.13. The van der Waals surface area contributed by atoms with Gasteiger partial charge in [0.25, 0.3) is 0 Å². The molecule has 5 aliphatic rings. The summed E-state index contributed by atoms with van der Waals surface area (Å²) < 4.78 is 0. The van der Waals surface area contributed by atoms with Gasteiger partial charge in [0.2, 0.25) is 0 Å². The summed E-state index contributed by atoms with van der Waals surface area (Å²) in [4.78, 5) is 5.18. The Morgan fingerprint density at radius 2 is 1.59 bits per heavy atom. The van der Waals surface area contributed by atoms with Gasteiger partial charge in [0, 0.05) is 26.2 Å². The maximum Gasteiger partial charge on any atom is 0.0543 e. The predicted molar refractivity (Wildman–Crippen MR) is 134 cm³/mol. The highest BCUT2D eigenvalue weighted by Crippen LogP contribution is 2.68. The fourth-order valence-electron chi connectivity index (χ4n) is 10.1. The van der Waals surface area contributed by atoms with Gasteiger partial charge in [0.15, 0.2) is 0 Å². The molecule has 0 bridgehead atoms. The van der Waals surface area contributed by atoms with Crippen LogP contribution in [0.5, 0.6) is 0 Å². The zero-order valence-electron chi connectivity index (χ0n) is 21.7. The van der Waals surface area contributed by atoms with Crippen LogP contribution >= 0.6 is 0 Å². The first-order chi connectivity index (χ1) is 15.3. The van der Waals surface area contributed by atoms with E-state index in [0.717, 1.165) is 48.3 Å². The summed E-state index contributed by atoms with van der Waals surface area (Å²) in [5.74, 6) is 5.55. The molecule has 1 aliphatic heterocycles. The van der Waals surface area contributed by atoms with Crippen LogP contribution < -0.4 is 0 Å². The Balaban J connectivity index is 1.19. The van der Waals surface area contributed by atoms with Gasteiger partial charge in [-0.25, -0.2) is 0 Å². The van der Waals surface area contributed by atoms with E-state index in [4.69, 9.17) is 0 Å². The van der Waals surface area contributed by atoms with Crippen molar-refractivity contribution in [3.05, 3.63) is 0 Å². The zero-order chi connectivity index (χ0) is 22.5. The van der Waals surface area contributed by atoms with Crippen LogP contribution in [-0.4, -0.2) is 60.8 Å². The minimum absolute atomic E-state index is 0.0129. The molecule has 5 rings (SSSR count). The molecule has 2 unspecified atom stereocenters. The quantitative estimate of drug-likeness (QED) is 0.592. The van der Waals surface area contributed by atoms with Gasteiger partial charge in [-0.2, -0.15) is 0 Å². The first-order valence-corrected chi connectivity index (χ1v) is 14.4. The summed E-state index contributed by atoms with van der Waals surface area (Å²) in [6, 6.07) is 0. The molecule has 9 atom stereocenters. The van der Waals surface area contributed by atoms with Crippen molar-refractivity contribution >= 4 is 0 Å². The molecule has 4 saturated carbocycles. The average Bonchev–Trinajstić information content (AvgIpc) is 3.13. The SMILES string of the molecule is C[C@H](CCCN1CCN(C)CC1)[C@H]1CC[C@H]2[C@@H]3CCC4CC(O)CC[C@]4(C)[C@H]3CC[C@]12C. The van der Waals surface area contributed by atoms with E-state index in [1.165, 1.54) is 90.5 Å². The number of likely N-dealkylation sites (N-methyl/N-ethyl adjacent to an activating group) is 1. The molecule has 0 radical (unpaired) electrons. The van der Waals surface area contributed by atoms with Crippen molar-refractivity contribution in [3.8, 4) is 0 Å². The molecule has 184 valence electrons. The van der Waals surface area contributed by atoms with Crippen molar-refractivity contribution in [2.24, 2.45) is 46.3 Å². The summed E-state index contributed by atoms with van der Waals surface area (Å²) in [7, 11) is 2.26. The average molecular weight is 445 g/mol. The highest BCUT2D eigenvalue weighted by atomic mass is 16.3. The van der Waals surface area contributed by atoms with Gasteiger partial charge in [-0.05, 0) is 131 Å². The maximum atomic E-state index is 10.3. The minimum atomic E-state index is -0.0129. The molecule has 1 N–H and O–H groups in total. The van der Waals surface area contributed by atoms with Crippen molar-refractivity contribution in [1.29, 1.82) is 0 Å². The standard InChI is InChI=1S/C29H52N2O/c1-21(6-5-15-31-18-16-30(4)17-19-31)25-9-10-26-24-8-7-22-20-23(32)11-13-28(22,2)27(24)12-14-29(25,26)3/h21-27,32H,5-20H2,1-4H3/t21-,22?,23?,24+,25-,26+,27+,28+,29-/m1/s1. The van der Waals surface area contributed by atoms with Crippen LogP contribution in [0.1, 0.15) is 91.4 Å². The molecule has 0 spiro atoms. The molecule has 0 aromatic heterocycles. The molecular weight excluding hydrogens is 392 g/mol. The van der Waals surface area contributed by atoms with Crippen LogP contribution in [0.25, 0.3) is 0 Å². The van der Waals surface area contributed by atoms with Crippen LogP contribution in [0.3, 0.4) is 0 Å². The Labute approximate surface area is 198 Å². The molecule has 0 amide bonds. The van der Waals surface area contributed by atoms with Gasteiger partial charge in [-0.3, -0.25) is 0 Å². The first kappa shape index (κ1) is 23.6. The normalized spacial score (nSPS) is 48.7. The second-order valence-corrected chi connectivity index (χ2v) is 13.6. The lowest BCUT2D eigenvalue weighted by Gasteiger charge is -2.61. The fraction of sp³-hybridized carbons (Fsp3) is 1.00. The van der Waals surface area contributed by atoms with Gasteiger partial charge < -0.3 is 14.9 Å². The van der Waals surface area contributed by atoms with Gasteiger partial charge in [-0.15, -0.1) is 0 Å². The van der Waals surface area contributed by atoms with Crippen LogP contribution in [0.15, 0.2) is 0 Å². The third kappa shape index (κ3) is 4.11. The molecule has 0 aromatic carbocycles. The van der Waals surface area contributed by atoms with Crippen molar-refractivity contribution in [2.45, 2.75) is 97.5 Å². The van der Waals surface area contributed by atoms with Crippen LogP contribution in [0, 0.1) is 46.3 Å². The maximum absolute atomic E-state index is 10.3. The van der Waals surface area contributed by atoms with Crippen molar-refractivity contribution in [1.82, 2.24) is 9.80 Å². The van der Waals surface area contributed by atoms with Crippen LogP contribution in [-0.2, 0) is 0 Å². The zero-order valence-corrected chi connectivity index (χ0v) is 21.7. The summed E-state index contributed by atoms with van der Waals surface area (Å²) in [6.07, 6.45) is 15.1. The lowest BCUT2D eigenvalue weighted by atomic mass is 9.44. The topological polar surface area (TPSA) is 26.7 Å². The third-order valence-electron chi connectivity index (χ3n) is 12.1. The predicted octanol–water partition coefficient (Wildman–Crippen LogP) is 5.67. The highest BCUT2D eigenvalue weighted by Gasteiger charge is 2.60. The van der Waals surface area contributed by atoms with Crippen molar-refractivity contribution < 1.29 is 5.11 Å². The number of piperazine rings is 1. The van der Waals surface area contributed by atoms with E-state index in [-0.39, 0.29) is 6.10 Å². The Hall–Kier alpha value is -0.120. The smallest absolute Gasteiger partial charge is 0.0543 e. The van der Waals surface area contributed by atoms with Gasteiger partial charge >= 0.3 is 0 Å². The summed E-state index contributed by atoms with van der Waals surface area (Å²) in [6.45, 7) is 14.3. The van der Waals surface area contributed by atoms with Gasteiger partial charge in [-0.1, -0.05) is 20.8 Å². The van der Waals surface area contributed by atoms with E-state index in [0.29, 0.717) is 10.8 Å². The molecule has 32 heavy (non-hydrogen) atoms. The number of nitrogens with zero attached hydrogens (tertiary/aromatic N) is 2. The van der Waals surface area contributed by atoms with E-state index < -0.39 is 0 Å². The Bertz CT molecular complexity index is 645. The Kier molecular flexibility index (Phi) is 6.76. The Morgan fingerprint density at radius 1 is 0.875 bits per heavy atom. The highest BCUT2D eigenvalue weighted by molar-refractivity contribution is 5.09. The van der Waals surface area contributed by atoms with Crippen LogP contribution in [0.4, 0.5) is 0 Å². The minimum Gasteiger partial charge on any atom is -0.393 e. The molecule has 1 saturated heterocycles.